The van der Waals surface area contributed by atoms with Crippen LogP contribution in [-0.4, -0.2) is 66.1 Å². The van der Waals surface area contributed by atoms with Crippen molar-refractivity contribution in [2.45, 2.75) is 58.4 Å². The predicted molar refractivity (Wildman–Crippen MR) is 106 cm³/mol. The molecule has 0 aromatic heterocycles. The third-order valence-electron chi connectivity index (χ3n) is 4.25. The van der Waals surface area contributed by atoms with Crippen LogP contribution in [-0.2, 0) is 42.9 Å². The number of carbonyl (C=O) groups excluding carboxylic acids is 4. The molecule has 1 aromatic rings. The Hall–Kier alpha value is -3.74. The summed E-state index contributed by atoms with van der Waals surface area (Å²) in [5, 5.41) is 11.4. The zero-order chi connectivity index (χ0) is 24.7. The molecule has 13 nitrogen and oxygen atoms in total. The number of ether oxygens (including phenoxy) is 6. The lowest BCUT2D eigenvalue weighted by Crippen LogP contribution is -2.63. The molecule has 33 heavy (non-hydrogen) atoms. The molecule has 1 heterocycles. The van der Waals surface area contributed by atoms with Crippen LogP contribution in [0.2, 0.25) is 0 Å². The van der Waals surface area contributed by atoms with E-state index in [4.69, 9.17) is 28.4 Å². The van der Waals surface area contributed by atoms with E-state index in [-0.39, 0.29) is 5.75 Å². The number of nitro groups is 1. The second-order valence-corrected chi connectivity index (χ2v) is 6.91. The van der Waals surface area contributed by atoms with Gasteiger partial charge in [0.25, 0.3) is 0 Å². The highest BCUT2D eigenvalue weighted by molar-refractivity contribution is 5.68. The molecule has 0 N–H and O–H groups in total. The van der Waals surface area contributed by atoms with Gasteiger partial charge in [0, 0.05) is 33.8 Å². The first-order valence-electron chi connectivity index (χ1n) is 9.70. The van der Waals surface area contributed by atoms with E-state index in [1.165, 1.54) is 24.3 Å². The van der Waals surface area contributed by atoms with Crippen molar-refractivity contribution < 1.29 is 52.5 Å². The predicted octanol–water partition coefficient (Wildman–Crippen LogP) is 1.06. The lowest BCUT2D eigenvalue weighted by atomic mass is 9.98. The molecule has 180 valence electrons. The quantitative estimate of drug-likeness (QED) is 0.230. The number of nitrogens with zero attached hydrogens (tertiary/aromatic N) is 1. The van der Waals surface area contributed by atoms with Gasteiger partial charge >= 0.3 is 29.6 Å². The van der Waals surface area contributed by atoms with Crippen molar-refractivity contribution in [1.29, 1.82) is 0 Å². The van der Waals surface area contributed by atoms with Crippen LogP contribution in [0.5, 0.6) is 5.75 Å². The number of hydrogen-bond donors (Lipinski definition) is 0. The number of rotatable bonds is 8. The van der Waals surface area contributed by atoms with Gasteiger partial charge in [0.1, 0.15) is 12.7 Å². The van der Waals surface area contributed by atoms with E-state index in [0.717, 1.165) is 27.7 Å². The Balaban J connectivity index is 2.51. The maximum Gasteiger partial charge on any atom is 0.311 e. The van der Waals surface area contributed by atoms with E-state index in [2.05, 4.69) is 0 Å². The average Bonchev–Trinajstić information content (AvgIpc) is 2.70. The summed E-state index contributed by atoms with van der Waals surface area (Å²) in [4.78, 5) is 57.3. The SMILES string of the molecule is CC(=O)OC[C@H]1O[C@@H](Oc2ccccc2[N+](=O)[O-])[C@H](OC(C)=O)[C@@H](OC(C)=O)[C@H]1OC(C)=O. The number of carbonyl (C=O) groups is 4. The van der Waals surface area contributed by atoms with Crippen LogP contribution in [0.15, 0.2) is 24.3 Å². The summed E-state index contributed by atoms with van der Waals surface area (Å²) in [6.07, 6.45) is -7.10. The highest BCUT2D eigenvalue weighted by Gasteiger charge is 2.53. The minimum Gasteiger partial charge on any atom is -0.463 e. The van der Waals surface area contributed by atoms with Crippen molar-refractivity contribution >= 4 is 29.6 Å². The lowest BCUT2D eigenvalue weighted by molar-refractivity contribution is -0.387. The number of para-hydroxylation sites is 2. The first-order chi connectivity index (χ1) is 15.5. The van der Waals surface area contributed by atoms with Crippen LogP contribution >= 0.6 is 0 Å². The molecule has 1 saturated heterocycles. The van der Waals surface area contributed by atoms with Crippen molar-refractivity contribution in [1.82, 2.24) is 0 Å². The Morgan fingerprint density at radius 3 is 1.97 bits per heavy atom. The van der Waals surface area contributed by atoms with Crippen LogP contribution in [0.3, 0.4) is 0 Å². The van der Waals surface area contributed by atoms with E-state index in [9.17, 15) is 29.3 Å². The van der Waals surface area contributed by atoms with Crippen LogP contribution < -0.4 is 4.74 Å². The zero-order valence-corrected chi connectivity index (χ0v) is 18.2. The molecular formula is C20H23NO12. The first-order valence-corrected chi connectivity index (χ1v) is 9.70. The molecule has 1 fully saturated rings. The normalized spacial score (nSPS) is 24.2. The molecule has 1 aliphatic rings. The minimum absolute atomic E-state index is 0.233. The number of esters is 4. The van der Waals surface area contributed by atoms with Crippen molar-refractivity contribution in [2.24, 2.45) is 0 Å². The molecule has 0 bridgehead atoms. The molecule has 5 atom stereocenters. The van der Waals surface area contributed by atoms with Gasteiger partial charge in [-0.25, -0.2) is 0 Å². The van der Waals surface area contributed by atoms with Gasteiger partial charge in [-0.05, 0) is 6.07 Å². The van der Waals surface area contributed by atoms with Gasteiger partial charge in [0.15, 0.2) is 18.0 Å². The van der Waals surface area contributed by atoms with E-state index in [0.29, 0.717) is 0 Å². The number of benzene rings is 1. The van der Waals surface area contributed by atoms with Crippen LogP contribution in [0.4, 0.5) is 5.69 Å². The maximum absolute atomic E-state index is 11.8. The van der Waals surface area contributed by atoms with Crippen molar-refractivity contribution in [3.8, 4) is 5.75 Å². The minimum atomic E-state index is -1.56. The van der Waals surface area contributed by atoms with Gasteiger partial charge in [-0.1, -0.05) is 12.1 Å². The molecule has 0 spiro atoms. The van der Waals surface area contributed by atoms with Gasteiger partial charge < -0.3 is 28.4 Å². The summed E-state index contributed by atoms with van der Waals surface area (Å²) in [5.74, 6) is -3.33. The van der Waals surface area contributed by atoms with E-state index < -0.39 is 71.8 Å². The zero-order valence-electron chi connectivity index (χ0n) is 18.2. The Bertz CT molecular complexity index is 916. The summed E-state index contributed by atoms with van der Waals surface area (Å²) in [7, 11) is 0. The average molecular weight is 469 g/mol. The van der Waals surface area contributed by atoms with Gasteiger partial charge in [-0.3, -0.25) is 29.3 Å². The number of nitro benzene ring substituents is 1. The molecule has 0 unspecified atom stereocenters. The van der Waals surface area contributed by atoms with Crippen LogP contribution in [0.25, 0.3) is 0 Å². The Morgan fingerprint density at radius 2 is 1.42 bits per heavy atom. The van der Waals surface area contributed by atoms with Crippen LogP contribution in [0, 0.1) is 10.1 Å². The largest absolute Gasteiger partial charge is 0.463 e. The summed E-state index contributed by atoms with van der Waals surface area (Å²) in [6.45, 7) is 3.91. The summed E-state index contributed by atoms with van der Waals surface area (Å²) < 4.78 is 32.1. The fraction of sp³-hybridized carbons (Fsp3) is 0.500. The summed E-state index contributed by atoms with van der Waals surface area (Å²) >= 11 is 0. The van der Waals surface area contributed by atoms with Gasteiger partial charge in [0.2, 0.25) is 12.4 Å². The molecule has 2 rings (SSSR count). The number of hydrogen-bond acceptors (Lipinski definition) is 12. The second-order valence-electron chi connectivity index (χ2n) is 6.91. The Morgan fingerprint density at radius 1 is 0.879 bits per heavy atom. The lowest BCUT2D eigenvalue weighted by Gasteiger charge is -2.43. The summed E-state index contributed by atoms with van der Waals surface area (Å²) in [6, 6.07) is 5.35. The topological polar surface area (TPSA) is 167 Å². The standard InChI is InChI=1S/C20H23NO12/c1-10(22)28-9-16-17(29-11(2)23)18(30-12(3)24)19(31-13(4)25)20(33-16)32-15-8-6-5-7-14(15)21(26)27/h5-8,16-20H,9H2,1-4H3/t16-,17+,18+,19-,20-/m1/s1. The molecule has 13 heteroatoms. The third-order valence-corrected chi connectivity index (χ3v) is 4.25. The second kappa shape index (κ2) is 11.2. The van der Waals surface area contributed by atoms with E-state index in [1.807, 2.05) is 0 Å². The summed E-state index contributed by atoms with van der Waals surface area (Å²) in [5.41, 5.74) is -0.412. The molecule has 1 aliphatic heterocycles. The Labute approximate surface area is 188 Å². The maximum atomic E-state index is 11.8. The first kappa shape index (κ1) is 25.5. The van der Waals surface area contributed by atoms with Gasteiger partial charge in [-0.15, -0.1) is 0 Å². The van der Waals surface area contributed by atoms with E-state index >= 15 is 0 Å². The molecular weight excluding hydrogens is 446 g/mol. The molecule has 0 amide bonds. The van der Waals surface area contributed by atoms with Gasteiger partial charge in [0.05, 0.1) is 4.92 Å². The smallest absolute Gasteiger partial charge is 0.311 e. The molecule has 1 aromatic carbocycles. The molecule has 0 aliphatic carbocycles. The molecule has 0 saturated carbocycles. The fourth-order valence-electron chi connectivity index (χ4n) is 3.12. The fourth-order valence-corrected chi connectivity index (χ4v) is 3.12. The molecule has 0 radical (unpaired) electrons. The third kappa shape index (κ3) is 7.14. The van der Waals surface area contributed by atoms with Crippen molar-refractivity contribution in [2.75, 3.05) is 6.61 Å². The van der Waals surface area contributed by atoms with Crippen molar-refractivity contribution in [3.05, 3.63) is 34.4 Å². The van der Waals surface area contributed by atoms with Crippen LogP contribution in [0.1, 0.15) is 27.7 Å². The monoisotopic (exact) mass is 469 g/mol. The van der Waals surface area contributed by atoms with E-state index in [1.54, 1.807) is 0 Å². The van der Waals surface area contributed by atoms with Crippen molar-refractivity contribution in [3.63, 3.8) is 0 Å². The highest BCUT2D eigenvalue weighted by Crippen LogP contribution is 2.34. The Kier molecular flexibility index (Phi) is 8.68. The highest BCUT2D eigenvalue weighted by atomic mass is 16.7. The van der Waals surface area contributed by atoms with Gasteiger partial charge in [-0.2, -0.15) is 0 Å².